The number of ether oxygens (including phenoxy) is 1. The van der Waals surface area contributed by atoms with Gasteiger partial charge < -0.3 is 4.74 Å². The minimum atomic E-state index is 0.0643. The normalized spacial score (nSPS) is 31.8. The van der Waals surface area contributed by atoms with Crippen molar-refractivity contribution in [1.29, 1.82) is 0 Å². The van der Waals surface area contributed by atoms with E-state index in [0.29, 0.717) is 23.2 Å². The molecule has 7 atom stereocenters. The summed E-state index contributed by atoms with van der Waals surface area (Å²) in [5.41, 5.74) is 6.08. The maximum Gasteiger partial charge on any atom is 0.306 e. The van der Waals surface area contributed by atoms with E-state index < -0.39 is 0 Å². The van der Waals surface area contributed by atoms with Gasteiger partial charge in [0, 0.05) is 6.42 Å². The second-order valence-electron chi connectivity index (χ2n) is 16.7. The number of carbonyl (C=O) groups is 1. The molecule has 0 bridgehead atoms. The van der Waals surface area contributed by atoms with E-state index in [1.165, 1.54) is 121 Å². The third-order valence-electron chi connectivity index (χ3n) is 13.3. The fourth-order valence-corrected chi connectivity index (χ4v) is 10.6. The first kappa shape index (κ1) is 36.5. The molecular weight excluding hydrogens is 548 g/mol. The van der Waals surface area contributed by atoms with Crippen molar-refractivity contribution in [2.24, 2.45) is 34.5 Å². The molecule has 0 aromatic heterocycles. The molecular formula is C43H72O2. The first-order valence-electron chi connectivity index (χ1n) is 19.9. The zero-order valence-electron chi connectivity index (χ0n) is 30.7. The second kappa shape index (κ2) is 17.7. The minimum absolute atomic E-state index is 0.0643. The van der Waals surface area contributed by atoms with Crippen LogP contribution in [0.15, 0.2) is 34.9 Å². The summed E-state index contributed by atoms with van der Waals surface area (Å²) in [6.45, 7) is 14.6. The first-order valence-corrected chi connectivity index (χ1v) is 19.9. The van der Waals surface area contributed by atoms with Crippen molar-refractivity contribution in [2.75, 3.05) is 0 Å². The Kier molecular flexibility index (Phi) is 14.4. The number of hydrogen-bond donors (Lipinski definition) is 0. The van der Waals surface area contributed by atoms with Gasteiger partial charge in [-0.2, -0.15) is 0 Å². The lowest BCUT2D eigenvalue weighted by Crippen LogP contribution is -2.46. The van der Waals surface area contributed by atoms with Crippen LogP contribution in [0.1, 0.15) is 189 Å². The van der Waals surface area contributed by atoms with E-state index >= 15 is 0 Å². The molecule has 0 N–H and O–H groups in total. The average molecular weight is 621 g/mol. The van der Waals surface area contributed by atoms with Crippen LogP contribution >= 0.6 is 0 Å². The molecule has 4 aliphatic carbocycles. The number of carbonyl (C=O) groups excluding carboxylic acids is 1. The lowest BCUT2D eigenvalue weighted by molar-refractivity contribution is -0.153. The van der Waals surface area contributed by atoms with Gasteiger partial charge in [-0.1, -0.05) is 101 Å². The van der Waals surface area contributed by atoms with Crippen molar-refractivity contribution in [1.82, 2.24) is 0 Å². The number of allylic oxidation sites excluding steroid dienone is 6. The summed E-state index contributed by atoms with van der Waals surface area (Å²) in [5.74, 6) is 3.29. The molecule has 4 rings (SSSR count). The predicted molar refractivity (Wildman–Crippen MR) is 193 cm³/mol. The minimum Gasteiger partial charge on any atom is -0.462 e. The van der Waals surface area contributed by atoms with Crippen LogP contribution in [0, 0.1) is 34.5 Å². The van der Waals surface area contributed by atoms with Crippen molar-refractivity contribution in [3.05, 3.63) is 34.9 Å². The third kappa shape index (κ3) is 9.63. The summed E-state index contributed by atoms with van der Waals surface area (Å²) in [6.07, 6.45) is 36.0. The van der Waals surface area contributed by atoms with Crippen molar-refractivity contribution in [2.45, 2.75) is 195 Å². The summed E-state index contributed by atoms with van der Waals surface area (Å²) in [6, 6.07) is 0. The van der Waals surface area contributed by atoms with E-state index in [1.54, 1.807) is 0 Å². The van der Waals surface area contributed by atoms with Crippen LogP contribution in [0.4, 0.5) is 0 Å². The second-order valence-corrected chi connectivity index (χ2v) is 16.7. The van der Waals surface area contributed by atoms with E-state index in [4.69, 9.17) is 4.74 Å². The molecule has 0 spiro atoms. The summed E-state index contributed by atoms with van der Waals surface area (Å²) in [4.78, 5) is 12.8. The summed E-state index contributed by atoms with van der Waals surface area (Å²) >= 11 is 0. The monoisotopic (exact) mass is 621 g/mol. The number of unbranched alkanes of at least 4 members (excludes halogenated alkanes) is 9. The number of hydrogen-bond acceptors (Lipinski definition) is 2. The van der Waals surface area contributed by atoms with Crippen LogP contribution in [0.2, 0.25) is 0 Å². The van der Waals surface area contributed by atoms with Crippen molar-refractivity contribution >= 4 is 5.97 Å². The largest absolute Gasteiger partial charge is 0.462 e. The first-order chi connectivity index (χ1) is 21.7. The lowest BCUT2D eigenvalue weighted by Gasteiger charge is -2.55. The molecule has 0 saturated heterocycles. The highest BCUT2D eigenvalue weighted by Crippen LogP contribution is 2.66. The van der Waals surface area contributed by atoms with Gasteiger partial charge in [0.1, 0.15) is 6.10 Å². The Morgan fingerprint density at radius 2 is 1.58 bits per heavy atom. The molecule has 4 aliphatic rings. The molecule has 45 heavy (non-hydrogen) atoms. The summed E-state index contributed by atoms with van der Waals surface area (Å²) in [7, 11) is 0. The van der Waals surface area contributed by atoms with Gasteiger partial charge in [-0.25, -0.2) is 0 Å². The molecule has 0 aliphatic heterocycles. The quantitative estimate of drug-likeness (QED) is 0.0865. The van der Waals surface area contributed by atoms with Crippen molar-refractivity contribution in [3.8, 4) is 0 Å². The van der Waals surface area contributed by atoms with Crippen LogP contribution in [0.25, 0.3) is 0 Å². The molecule has 0 radical (unpaired) electrons. The van der Waals surface area contributed by atoms with Gasteiger partial charge in [0.2, 0.25) is 0 Å². The zero-order chi connectivity index (χ0) is 32.3. The molecule has 2 heteroatoms. The molecule has 0 aromatic carbocycles. The van der Waals surface area contributed by atoms with Crippen LogP contribution in [-0.2, 0) is 9.53 Å². The smallest absolute Gasteiger partial charge is 0.306 e. The number of rotatable bonds is 18. The fraction of sp³-hybridized carbons (Fsp3) is 0.837. The topological polar surface area (TPSA) is 26.3 Å². The highest BCUT2D eigenvalue weighted by atomic mass is 16.5. The maximum absolute atomic E-state index is 12.8. The maximum atomic E-state index is 12.8. The van der Waals surface area contributed by atoms with Gasteiger partial charge in [-0.15, -0.1) is 0 Å². The van der Waals surface area contributed by atoms with E-state index in [2.05, 4.69) is 59.8 Å². The van der Waals surface area contributed by atoms with Gasteiger partial charge in [-0.05, 0) is 151 Å². The molecule has 2 fully saturated rings. The Morgan fingerprint density at radius 1 is 0.867 bits per heavy atom. The Hall–Kier alpha value is -1.31. The molecule has 0 aromatic rings. The standard InChI is InChI=1S/C43H72O2/c1-7-8-9-10-11-12-13-14-15-16-17-18-19-23-41(44)45-36-28-30-42(5)35(32-36)24-25-37-39-27-26-38(34(4)22-20-21-33(2)3)43(39,6)31-29-40(37)42/h12-13,21,34-36,38-39H,7-11,14-20,22-32H2,1-6H3. The van der Waals surface area contributed by atoms with Gasteiger partial charge in [-0.3, -0.25) is 4.79 Å². The van der Waals surface area contributed by atoms with E-state index in [1.807, 2.05) is 11.1 Å². The molecule has 0 amide bonds. The van der Waals surface area contributed by atoms with Crippen LogP contribution < -0.4 is 0 Å². The highest BCUT2D eigenvalue weighted by molar-refractivity contribution is 5.69. The number of fused-ring (bicyclic) bond motifs is 4. The van der Waals surface area contributed by atoms with Crippen LogP contribution in [0.3, 0.4) is 0 Å². The summed E-state index contributed by atoms with van der Waals surface area (Å²) < 4.78 is 6.13. The SMILES string of the molecule is CCCCCCC=CCCCCCCCC(=O)OC1CCC2(C)C3=C(CCC2C1)C1CCC(C(C)CCC=C(C)C)C1(C)CC3. The van der Waals surface area contributed by atoms with Gasteiger partial charge in [0.25, 0.3) is 0 Å². The fourth-order valence-electron chi connectivity index (χ4n) is 10.6. The zero-order valence-corrected chi connectivity index (χ0v) is 30.7. The lowest BCUT2D eigenvalue weighted by atomic mass is 9.50. The third-order valence-corrected chi connectivity index (χ3v) is 13.3. The van der Waals surface area contributed by atoms with Crippen LogP contribution in [-0.4, -0.2) is 12.1 Å². The van der Waals surface area contributed by atoms with E-state index in [9.17, 15) is 4.79 Å². The van der Waals surface area contributed by atoms with Crippen molar-refractivity contribution < 1.29 is 9.53 Å². The molecule has 2 nitrogen and oxygen atoms in total. The Balaban J connectivity index is 1.17. The van der Waals surface area contributed by atoms with Gasteiger partial charge in [0.05, 0.1) is 0 Å². The average Bonchev–Trinajstić information content (AvgIpc) is 3.37. The predicted octanol–water partition coefficient (Wildman–Crippen LogP) is 13.3. The molecule has 0 heterocycles. The Morgan fingerprint density at radius 3 is 2.31 bits per heavy atom. The van der Waals surface area contributed by atoms with Gasteiger partial charge >= 0.3 is 5.97 Å². The molecule has 2 saturated carbocycles. The summed E-state index contributed by atoms with van der Waals surface area (Å²) in [5, 5.41) is 0. The Bertz CT molecular complexity index is 1010. The number of esters is 1. The molecule has 256 valence electrons. The van der Waals surface area contributed by atoms with E-state index in [0.717, 1.165) is 43.4 Å². The van der Waals surface area contributed by atoms with E-state index in [-0.39, 0.29) is 12.1 Å². The van der Waals surface area contributed by atoms with Crippen molar-refractivity contribution in [3.63, 3.8) is 0 Å². The highest BCUT2D eigenvalue weighted by Gasteiger charge is 2.56. The Labute approximate surface area is 279 Å². The van der Waals surface area contributed by atoms with Crippen LogP contribution in [0.5, 0.6) is 0 Å². The molecule has 7 unspecified atom stereocenters. The van der Waals surface area contributed by atoms with Gasteiger partial charge in [0.15, 0.2) is 0 Å².